The Bertz CT molecular complexity index is 1090. The van der Waals surface area contributed by atoms with Gasteiger partial charge in [-0.2, -0.15) is 4.68 Å². The zero-order valence-electron chi connectivity index (χ0n) is 15.7. The number of thiazole rings is 1. The van der Waals surface area contributed by atoms with Crippen molar-refractivity contribution in [3.63, 3.8) is 0 Å². The minimum absolute atomic E-state index is 0.201. The fourth-order valence-corrected chi connectivity index (χ4v) is 4.82. The van der Waals surface area contributed by atoms with Crippen molar-refractivity contribution in [1.29, 1.82) is 0 Å². The molecule has 0 amide bonds. The molecule has 7 heteroatoms. The van der Waals surface area contributed by atoms with E-state index < -0.39 is 0 Å². The van der Waals surface area contributed by atoms with Crippen LogP contribution >= 0.6 is 11.3 Å². The van der Waals surface area contributed by atoms with Gasteiger partial charge < -0.3 is 4.98 Å². The van der Waals surface area contributed by atoms with Crippen LogP contribution < -0.4 is 0 Å². The first-order valence-corrected chi connectivity index (χ1v) is 10.2. The van der Waals surface area contributed by atoms with Gasteiger partial charge in [0.15, 0.2) is 5.01 Å². The van der Waals surface area contributed by atoms with Crippen LogP contribution in [0.2, 0.25) is 0 Å². The maximum absolute atomic E-state index is 4.96. The molecule has 1 aliphatic rings. The van der Waals surface area contributed by atoms with Gasteiger partial charge in [0.1, 0.15) is 5.82 Å². The van der Waals surface area contributed by atoms with E-state index in [0.29, 0.717) is 11.7 Å². The summed E-state index contributed by atoms with van der Waals surface area (Å²) in [6.07, 6.45) is 3.55. The van der Waals surface area contributed by atoms with Crippen LogP contribution in [0.5, 0.6) is 0 Å². The van der Waals surface area contributed by atoms with Crippen molar-refractivity contribution in [3.8, 4) is 16.8 Å². The number of para-hydroxylation sites is 2. The number of nitrogens with one attached hydrogen (secondary N) is 1. The summed E-state index contributed by atoms with van der Waals surface area (Å²) in [5, 5.41) is 7.73. The number of hydrogen-bond donors (Lipinski definition) is 1. The summed E-state index contributed by atoms with van der Waals surface area (Å²) in [6, 6.07) is 8.05. The van der Waals surface area contributed by atoms with Crippen molar-refractivity contribution in [3.05, 3.63) is 41.2 Å². The highest BCUT2D eigenvalue weighted by Crippen LogP contribution is 2.48. The number of aryl methyl sites for hydroxylation is 1. The lowest BCUT2D eigenvalue weighted by atomic mass is 9.81. The van der Waals surface area contributed by atoms with E-state index in [-0.39, 0.29) is 5.41 Å². The number of nitrogens with zero attached hydrogens (tertiary/aromatic N) is 5. The first kappa shape index (κ1) is 16.6. The molecular weight excluding hydrogens is 356 g/mol. The average molecular weight is 379 g/mol. The zero-order valence-corrected chi connectivity index (χ0v) is 16.5. The van der Waals surface area contributed by atoms with Crippen molar-refractivity contribution in [2.45, 2.75) is 46.0 Å². The third-order valence-electron chi connectivity index (χ3n) is 5.59. The molecule has 0 radical (unpaired) electrons. The highest BCUT2D eigenvalue weighted by molar-refractivity contribution is 7.13. The van der Waals surface area contributed by atoms with E-state index in [2.05, 4.69) is 23.8 Å². The Balaban J connectivity index is 1.69. The lowest BCUT2D eigenvalue weighted by Crippen LogP contribution is -2.20. The molecule has 1 fully saturated rings. The third kappa shape index (κ3) is 2.77. The van der Waals surface area contributed by atoms with E-state index in [0.717, 1.165) is 39.9 Å². The molecule has 1 aliphatic carbocycles. The van der Waals surface area contributed by atoms with Crippen LogP contribution in [0.25, 0.3) is 27.8 Å². The highest BCUT2D eigenvalue weighted by Gasteiger charge is 2.39. The van der Waals surface area contributed by atoms with Gasteiger partial charge in [-0.05, 0) is 37.3 Å². The second-order valence-electron chi connectivity index (χ2n) is 8.01. The van der Waals surface area contributed by atoms with Crippen molar-refractivity contribution >= 4 is 22.4 Å². The minimum atomic E-state index is 0.201. The topological polar surface area (TPSA) is 72.3 Å². The fraction of sp³-hybridized carbons (Fsp3) is 0.400. The summed E-state index contributed by atoms with van der Waals surface area (Å²) in [7, 11) is 0. The Morgan fingerprint density at radius 2 is 2.04 bits per heavy atom. The molecule has 1 aromatic carbocycles. The van der Waals surface area contributed by atoms with Crippen LogP contribution in [0.3, 0.4) is 0 Å². The Hall–Kier alpha value is -2.54. The number of imidazole rings is 1. The molecular formula is C20H22N6S. The number of benzene rings is 1. The van der Waals surface area contributed by atoms with Crippen molar-refractivity contribution < 1.29 is 0 Å². The second-order valence-corrected chi connectivity index (χ2v) is 8.87. The molecule has 1 saturated carbocycles. The van der Waals surface area contributed by atoms with Crippen molar-refractivity contribution in [2.75, 3.05) is 0 Å². The molecule has 0 spiro atoms. The van der Waals surface area contributed by atoms with Crippen LogP contribution in [0, 0.1) is 12.3 Å². The van der Waals surface area contributed by atoms with Gasteiger partial charge in [-0.25, -0.2) is 15.0 Å². The van der Waals surface area contributed by atoms with E-state index in [4.69, 9.17) is 15.1 Å². The van der Waals surface area contributed by atoms with E-state index in [1.165, 1.54) is 12.8 Å². The lowest BCUT2D eigenvalue weighted by Gasteiger charge is -2.25. The van der Waals surface area contributed by atoms with E-state index >= 15 is 0 Å². The molecule has 3 heterocycles. The molecule has 0 saturated heterocycles. The number of aromatic amines is 1. The standard InChI is InChI=1S/C20H22N6S/c1-12-11-27-18(21-12)16-24-17(13-7-6-10-20(13,2)3)26(25-16)19-22-14-8-4-5-9-15(14)23-19/h4-5,8-9,11,13H,6-7,10H2,1-3H3,(H,22,23). The Labute approximate surface area is 161 Å². The SMILES string of the molecule is Cc1csc(-c2nc(C3CCCC3(C)C)n(-c3nc4ccccc4[nH]3)n2)n1. The van der Waals surface area contributed by atoms with Gasteiger partial charge in [0, 0.05) is 17.0 Å². The maximum Gasteiger partial charge on any atom is 0.230 e. The van der Waals surface area contributed by atoms with Crippen molar-refractivity contribution in [1.82, 2.24) is 29.7 Å². The molecule has 5 rings (SSSR count). The number of fused-ring (bicyclic) bond motifs is 1. The molecule has 0 bridgehead atoms. The van der Waals surface area contributed by atoms with Crippen LogP contribution in [-0.2, 0) is 0 Å². The number of aromatic nitrogens is 6. The number of hydrogen-bond acceptors (Lipinski definition) is 5. The van der Waals surface area contributed by atoms with Gasteiger partial charge in [0.2, 0.25) is 11.8 Å². The lowest BCUT2D eigenvalue weighted by molar-refractivity contribution is 0.318. The average Bonchev–Trinajstić information content (AvgIpc) is 3.38. The largest absolute Gasteiger partial charge is 0.322 e. The highest BCUT2D eigenvalue weighted by atomic mass is 32.1. The van der Waals surface area contributed by atoms with Gasteiger partial charge in [0.25, 0.3) is 0 Å². The molecule has 1 atom stereocenters. The monoisotopic (exact) mass is 378 g/mol. The Morgan fingerprint density at radius 1 is 1.19 bits per heavy atom. The Morgan fingerprint density at radius 3 is 2.74 bits per heavy atom. The maximum atomic E-state index is 4.96. The van der Waals surface area contributed by atoms with E-state index in [9.17, 15) is 0 Å². The molecule has 27 heavy (non-hydrogen) atoms. The van der Waals surface area contributed by atoms with Gasteiger partial charge in [0.05, 0.1) is 11.0 Å². The van der Waals surface area contributed by atoms with Crippen molar-refractivity contribution in [2.24, 2.45) is 5.41 Å². The number of rotatable bonds is 3. The summed E-state index contributed by atoms with van der Waals surface area (Å²) in [4.78, 5) is 17.7. The van der Waals surface area contributed by atoms with Gasteiger partial charge in [-0.15, -0.1) is 16.4 Å². The predicted molar refractivity (Wildman–Crippen MR) is 107 cm³/mol. The molecule has 0 aliphatic heterocycles. The summed E-state index contributed by atoms with van der Waals surface area (Å²) in [6.45, 7) is 6.66. The molecule has 1 unspecified atom stereocenters. The second kappa shape index (κ2) is 5.99. The summed E-state index contributed by atoms with van der Waals surface area (Å²) in [5.74, 6) is 2.75. The third-order valence-corrected chi connectivity index (χ3v) is 6.54. The van der Waals surface area contributed by atoms with Crippen LogP contribution in [0.15, 0.2) is 29.6 Å². The normalized spacial score (nSPS) is 19.1. The molecule has 138 valence electrons. The zero-order chi connectivity index (χ0) is 18.6. The smallest absolute Gasteiger partial charge is 0.230 e. The molecule has 3 aromatic heterocycles. The quantitative estimate of drug-likeness (QED) is 0.552. The molecule has 4 aromatic rings. The summed E-state index contributed by atoms with van der Waals surface area (Å²) in [5.41, 5.74) is 3.14. The van der Waals surface area contributed by atoms with E-state index in [1.54, 1.807) is 11.3 Å². The predicted octanol–water partition coefficient (Wildman–Crippen LogP) is 4.87. The molecule has 6 nitrogen and oxygen atoms in total. The first-order chi connectivity index (χ1) is 13.0. The fourth-order valence-electron chi connectivity index (χ4n) is 4.10. The van der Waals surface area contributed by atoms with Gasteiger partial charge in [-0.3, -0.25) is 0 Å². The minimum Gasteiger partial charge on any atom is -0.322 e. The van der Waals surface area contributed by atoms with Crippen LogP contribution in [0.1, 0.15) is 50.5 Å². The number of H-pyrrole nitrogens is 1. The molecule has 1 N–H and O–H groups in total. The van der Waals surface area contributed by atoms with E-state index in [1.807, 2.05) is 41.3 Å². The van der Waals surface area contributed by atoms with Crippen LogP contribution in [0.4, 0.5) is 0 Å². The van der Waals surface area contributed by atoms with Gasteiger partial charge in [-0.1, -0.05) is 32.4 Å². The summed E-state index contributed by atoms with van der Waals surface area (Å²) >= 11 is 1.59. The van der Waals surface area contributed by atoms with Crippen LogP contribution in [-0.4, -0.2) is 29.7 Å². The first-order valence-electron chi connectivity index (χ1n) is 9.36. The Kier molecular flexibility index (Phi) is 3.69. The van der Waals surface area contributed by atoms with Gasteiger partial charge >= 0.3 is 0 Å². The summed E-state index contributed by atoms with van der Waals surface area (Å²) < 4.78 is 1.91.